The van der Waals surface area contributed by atoms with Crippen LogP contribution in [-0.2, 0) is 6.54 Å². The number of aromatic nitrogens is 2. The Balaban J connectivity index is 1.86. The first kappa shape index (κ1) is 18.6. The monoisotopic (exact) mass is 381 g/mol. The van der Waals surface area contributed by atoms with Gasteiger partial charge in [0.05, 0.1) is 11.8 Å². The fourth-order valence-corrected chi connectivity index (χ4v) is 2.55. The van der Waals surface area contributed by atoms with Crippen LogP contribution in [0.4, 0.5) is 22.0 Å². The molecule has 2 N–H and O–H groups in total. The Hall–Kier alpha value is -3.23. The van der Waals surface area contributed by atoms with Gasteiger partial charge in [-0.3, -0.25) is 9.89 Å². The van der Waals surface area contributed by atoms with E-state index in [1.165, 1.54) is 12.1 Å². The quantitative estimate of drug-likeness (QED) is 0.645. The lowest BCUT2D eigenvalue weighted by Gasteiger charge is -2.12. The van der Waals surface area contributed by atoms with Gasteiger partial charge in [-0.1, -0.05) is 12.1 Å². The predicted octanol–water partition coefficient (Wildman–Crippen LogP) is 4.36. The second kappa shape index (κ2) is 7.56. The number of carbonyl (C=O) groups is 1. The molecule has 0 saturated heterocycles. The van der Waals surface area contributed by atoms with Crippen LogP contribution in [0, 0.1) is 17.5 Å². The molecule has 2 aromatic carbocycles. The summed E-state index contributed by atoms with van der Waals surface area (Å²) in [6, 6.07) is 6.67. The van der Waals surface area contributed by atoms with E-state index in [-0.39, 0.29) is 23.2 Å². The van der Waals surface area contributed by atoms with Gasteiger partial charge < -0.3 is 5.32 Å². The molecular formula is C18H12F5N3O. The van der Waals surface area contributed by atoms with Crippen molar-refractivity contribution in [1.82, 2.24) is 15.5 Å². The van der Waals surface area contributed by atoms with E-state index in [1.807, 2.05) is 0 Å². The second-order valence-corrected chi connectivity index (χ2v) is 5.61. The molecule has 4 nitrogen and oxygen atoms in total. The molecule has 0 unspecified atom stereocenters. The van der Waals surface area contributed by atoms with E-state index in [9.17, 15) is 26.7 Å². The predicted molar refractivity (Wildman–Crippen MR) is 86.5 cm³/mol. The molecule has 0 spiro atoms. The van der Waals surface area contributed by atoms with Crippen LogP contribution in [0.5, 0.6) is 0 Å². The highest BCUT2D eigenvalue weighted by atomic mass is 19.3. The van der Waals surface area contributed by atoms with Gasteiger partial charge in [-0.2, -0.15) is 5.10 Å². The van der Waals surface area contributed by atoms with Crippen molar-refractivity contribution in [3.8, 4) is 11.1 Å². The molecule has 3 aromatic rings. The van der Waals surface area contributed by atoms with E-state index < -0.39 is 35.5 Å². The summed E-state index contributed by atoms with van der Waals surface area (Å²) in [5, 5.41) is 7.90. The minimum Gasteiger partial charge on any atom is -0.348 e. The Morgan fingerprint density at radius 3 is 2.56 bits per heavy atom. The van der Waals surface area contributed by atoms with E-state index in [2.05, 4.69) is 15.5 Å². The summed E-state index contributed by atoms with van der Waals surface area (Å²) >= 11 is 0. The maximum Gasteiger partial charge on any atom is 0.280 e. The number of carbonyl (C=O) groups excluding carboxylic acids is 1. The molecule has 0 aliphatic rings. The minimum atomic E-state index is -2.91. The average Bonchev–Trinajstić information content (AvgIpc) is 3.13. The fourth-order valence-electron chi connectivity index (χ4n) is 2.55. The summed E-state index contributed by atoms with van der Waals surface area (Å²) in [6.07, 6.45) is -1.94. The second-order valence-electron chi connectivity index (χ2n) is 5.61. The summed E-state index contributed by atoms with van der Waals surface area (Å²) in [5.74, 6) is -3.57. The van der Waals surface area contributed by atoms with E-state index in [1.54, 1.807) is 0 Å². The molecule has 0 aliphatic heterocycles. The summed E-state index contributed by atoms with van der Waals surface area (Å²) in [6.45, 7) is -0.151. The SMILES string of the molecule is O=C(NCc1ccc(F)cc1-c1ccc(F)c(F)c1)c1cn[nH]c1C(F)F. The highest BCUT2D eigenvalue weighted by Crippen LogP contribution is 2.27. The number of aromatic amines is 1. The molecule has 0 fully saturated rings. The van der Waals surface area contributed by atoms with Crippen LogP contribution >= 0.6 is 0 Å². The third kappa shape index (κ3) is 3.97. The number of nitrogens with zero attached hydrogens (tertiary/aromatic N) is 1. The van der Waals surface area contributed by atoms with E-state index in [4.69, 9.17) is 0 Å². The maximum absolute atomic E-state index is 13.6. The van der Waals surface area contributed by atoms with Crippen LogP contribution in [0.3, 0.4) is 0 Å². The van der Waals surface area contributed by atoms with Gasteiger partial charge in [-0.25, -0.2) is 22.0 Å². The van der Waals surface area contributed by atoms with Gasteiger partial charge in [0.1, 0.15) is 11.5 Å². The zero-order valence-corrected chi connectivity index (χ0v) is 13.6. The molecule has 1 amide bonds. The van der Waals surface area contributed by atoms with Gasteiger partial charge in [-0.15, -0.1) is 0 Å². The fraction of sp³-hybridized carbons (Fsp3) is 0.111. The van der Waals surface area contributed by atoms with Crippen LogP contribution < -0.4 is 5.32 Å². The van der Waals surface area contributed by atoms with E-state index in [0.717, 1.165) is 30.5 Å². The molecule has 140 valence electrons. The molecule has 0 atom stereocenters. The lowest BCUT2D eigenvalue weighted by Crippen LogP contribution is -2.24. The number of amides is 1. The molecule has 0 radical (unpaired) electrons. The van der Waals surface area contributed by atoms with Crippen molar-refractivity contribution in [3.05, 3.63) is 76.9 Å². The summed E-state index contributed by atoms with van der Waals surface area (Å²) in [7, 11) is 0. The topological polar surface area (TPSA) is 57.8 Å². The lowest BCUT2D eigenvalue weighted by molar-refractivity contribution is 0.0936. The maximum atomic E-state index is 13.6. The van der Waals surface area contributed by atoms with Crippen molar-refractivity contribution in [1.29, 1.82) is 0 Å². The highest BCUT2D eigenvalue weighted by molar-refractivity contribution is 5.95. The normalized spacial score (nSPS) is 11.0. The number of hydrogen-bond acceptors (Lipinski definition) is 2. The average molecular weight is 381 g/mol. The molecule has 0 saturated carbocycles. The van der Waals surface area contributed by atoms with Crippen molar-refractivity contribution < 1.29 is 26.7 Å². The van der Waals surface area contributed by atoms with Crippen molar-refractivity contribution in [3.63, 3.8) is 0 Å². The lowest BCUT2D eigenvalue weighted by atomic mass is 9.99. The van der Waals surface area contributed by atoms with Crippen LogP contribution in [-0.4, -0.2) is 16.1 Å². The summed E-state index contributed by atoms with van der Waals surface area (Å²) in [4.78, 5) is 12.1. The first-order valence-electron chi connectivity index (χ1n) is 7.70. The molecule has 1 aromatic heterocycles. The van der Waals surface area contributed by atoms with E-state index in [0.29, 0.717) is 5.56 Å². The van der Waals surface area contributed by atoms with Crippen LogP contribution in [0.25, 0.3) is 11.1 Å². The van der Waals surface area contributed by atoms with Gasteiger partial charge in [0, 0.05) is 6.54 Å². The number of nitrogens with one attached hydrogen (secondary N) is 2. The van der Waals surface area contributed by atoms with Crippen molar-refractivity contribution in [2.24, 2.45) is 0 Å². The highest BCUT2D eigenvalue weighted by Gasteiger charge is 2.21. The number of rotatable bonds is 5. The van der Waals surface area contributed by atoms with Crippen molar-refractivity contribution in [2.75, 3.05) is 0 Å². The molecule has 1 heterocycles. The number of H-pyrrole nitrogens is 1. The third-order valence-corrected chi connectivity index (χ3v) is 3.87. The third-order valence-electron chi connectivity index (χ3n) is 3.87. The van der Waals surface area contributed by atoms with Crippen LogP contribution in [0.15, 0.2) is 42.6 Å². The zero-order chi connectivity index (χ0) is 19.6. The molecule has 0 bridgehead atoms. The number of benzene rings is 2. The molecule has 0 aliphatic carbocycles. The van der Waals surface area contributed by atoms with Gasteiger partial charge in [0.25, 0.3) is 12.3 Å². The Bertz CT molecular complexity index is 987. The van der Waals surface area contributed by atoms with Crippen molar-refractivity contribution >= 4 is 5.91 Å². The van der Waals surface area contributed by atoms with Gasteiger partial charge in [-0.05, 0) is 41.0 Å². The Morgan fingerprint density at radius 2 is 1.85 bits per heavy atom. The van der Waals surface area contributed by atoms with Gasteiger partial charge >= 0.3 is 0 Å². The molecule has 27 heavy (non-hydrogen) atoms. The number of hydrogen-bond donors (Lipinski definition) is 2. The molecule has 9 heteroatoms. The van der Waals surface area contributed by atoms with Gasteiger partial charge in [0.15, 0.2) is 11.6 Å². The molecule has 3 rings (SSSR count). The Morgan fingerprint density at radius 1 is 1.07 bits per heavy atom. The van der Waals surface area contributed by atoms with E-state index >= 15 is 0 Å². The largest absolute Gasteiger partial charge is 0.348 e. The Kier molecular flexibility index (Phi) is 5.20. The standard InChI is InChI=1S/C18H12F5N3O/c19-11-3-1-10(12(6-11)9-2-4-14(20)15(21)5-9)7-24-18(27)13-8-25-26-16(13)17(22)23/h1-6,8,17H,7H2,(H,24,27)(H,25,26). The smallest absolute Gasteiger partial charge is 0.280 e. The van der Waals surface area contributed by atoms with Gasteiger partial charge in [0.2, 0.25) is 0 Å². The minimum absolute atomic E-state index is 0.151. The summed E-state index contributed by atoms with van der Waals surface area (Å²) < 4.78 is 65.9. The van der Waals surface area contributed by atoms with Crippen molar-refractivity contribution in [2.45, 2.75) is 13.0 Å². The number of alkyl halides is 2. The van der Waals surface area contributed by atoms with Crippen LogP contribution in [0.1, 0.15) is 28.0 Å². The summed E-state index contributed by atoms with van der Waals surface area (Å²) in [5.41, 5.74) is -0.114. The molecular weight excluding hydrogens is 369 g/mol. The Labute approximate surface area is 150 Å². The number of halogens is 5. The zero-order valence-electron chi connectivity index (χ0n) is 13.6. The first-order valence-corrected chi connectivity index (χ1v) is 7.70. The van der Waals surface area contributed by atoms with Crippen LogP contribution in [0.2, 0.25) is 0 Å². The first-order chi connectivity index (χ1) is 12.9.